The number of hydrogen-bond donors (Lipinski definition) is 1. The highest BCUT2D eigenvalue weighted by atomic mass is 16.2. The maximum absolute atomic E-state index is 10.7. The molecule has 10 heavy (non-hydrogen) atoms. The fraction of sp³-hybridized carbons (Fsp3) is 0.857. The maximum Gasteiger partial charge on any atom is 0.315 e. The van der Waals surface area contributed by atoms with Crippen LogP contribution in [0.25, 0.3) is 0 Å². The monoisotopic (exact) mass is 140 g/mol. The van der Waals surface area contributed by atoms with Crippen molar-refractivity contribution in [1.82, 2.24) is 4.90 Å². The number of nitrogens with two attached hydrogens (primary N) is 1. The van der Waals surface area contributed by atoms with Crippen molar-refractivity contribution in [3.05, 3.63) is 0 Å². The van der Waals surface area contributed by atoms with E-state index in [4.69, 9.17) is 5.73 Å². The zero-order valence-corrected chi connectivity index (χ0v) is 5.92. The van der Waals surface area contributed by atoms with E-state index >= 15 is 0 Å². The number of primary amides is 1. The smallest absolute Gasteiger partial charge is 0.315 e. The van der Waals surface area contributed by atoms with E-state index in [1.807, 2.05) is 4.90 Å². The third-order valence-corrected chi connectivity index (χ3v) is 2.54. The molecule has 0 radical (unpaired) electrons. The second kappa shape index (κ2) is 1.87. The van der Waals surface area contributed by atoms with E-state index in [2.05, 4.69) is 0 Å². The molecule has 3 heteroatoms. The van der Waals surface area contributed by atoms with Gasteiger partial charge in [0.2, 0.25) is 0 Å². The molecule has 1 saturated carbocycles. The lowest BCUT2D eigenvalue weighted by molar-refractivity contribution is 0.191. The summed E-state index contributed by atoms with van der Waals surface area (Å²) < 4.78 is 0. The Morgan fingerprint density at radius 3 is 3.00 bits per heavy atom. The Morgan fingerprint density at radius 1 is 1.60 bits per heavy atom. The van der Waals surface area contributed by atoms with Crippen LogP contribution in [-0.4, -0.2) is 23.5 Å². The number of fused-ring (bicyclic) bond motifs is 1. The lowest BCUT2D eigenvalue weighted by Crippen LogP contribution is -2.40. The summed E-state index contributed by atoms with van der Waals surface area (Å²) in [6, 6.07) is 0.290. The van der Waals surface area contributed by atoms with Crippen molar-refractivity contribution in [2.75, 3.05) is 6.54 Å². The molecule has 0 spiro atoms. The van der Waals surface area contributed by atoms with Gasteiger partial charge in [-0.15, -0.1) is 0 Å². The van der Waals surface area contributed by atoms with Gasteiger partial charge >= 0.3 is 6.03 Å². The summed E-state index contributed by atoms with van der Waals surface area (Å²) in [5.74, 6) is 0.793. The number of likely N-dealkylation sites (tertiary alicyclic amines) is 1. The van der Waals surface area contributed by atoms with Crippen molar-refractivity contribution < 1.29 is 4.79 Å². The lowest BCUT2D eigenvalue weighted by Gasteiger charge is -2.24. The van der Waals surface area contributed by atoms with Crippen LogP contribution in [0, 0.1) is 5.92 Å². The first-order valence-corrected chi connectivity index (χ1v) is 3.85. The lowest BCUT2D eigenvalue weighted by atomic mass is 10.1. The number of rotatable bonds is 0. The van der Waals surface area contributed by atoms with E-state index in [9.17, 15) is 4.79 Å². The first kappa shape index (κ1) is 6.01. The Hall–Kier alpha value is -0.730. The molecule has 1 aliphatic carbocycles. The molecule has 2 rings (SSSR count). The number of hydrogen-bond acceptors (Lipinski definition) is 1. The highest BCUT2D eigenvalue weighted by Crippen LogP contribution is 2.42. The highest BCUT2D eigenvalue weighted by Gasteiger charge is 2.45. The Morgan fingerprint density at radius 2 is 2.40 bits per heavy atom. The van der Waals surface area contributed by atoms with Crippen LogP contribution in [0.4, 0.5) is 4.79 Å². The van der Waals surface area contributed by atoms with Gasteiger partial charge in [-0.05, 0) is 25.2 Å². The van der Waals surface area contributed by atoms with Gasteiger partial charge in [0.1, 0.15) is 0 Å². The van der Waals surface area contributed by atoms with E-state index in [0.29, 0.717) is 6.04 Å². The third-order valence-electron chi connectivity index (χ3n) is 2.54. The van der Waals surface area contributed by atoms with Crippen molar-refractivity contribution in [3.63, 3.8) is 0 Å². The predicted octanol–water partition coefficient (Wildman–Crippen LogP) is 0.549. The minimum Gasteiger partial charge on any atom is -0.351 e. The SMILES string of the molecule is NC(=O)N1CCC[C@@H]2C[C@@H]21. The van der Waals surface area contributed by atoms with Crippen molar-refractivity contribution >= 4 is 6.03 Å². The summed E-state index contributed by atoms with van der Waals surface area (Å²) in [6.45, 7) is 0.885. The van der Waals surface area contributed by atoms with Crippen molar-refractivity contribution in [2.45, 2.75) is 25.3 Å². The van der Waals surface area contributed by atoms with Crippen molar-refractivity contribution in [1.29, 1.82) is 0 Å². The zero-order chi connectivity index (χ0) is 7.14. The Balaban J connectivity index is 2.02. The Labute approximate surface area is 60.2 Å². The molecule has 2 atom stereocenters. The fourth-order valence-corrected chi connectivity index (χ4v) is 1.89. The number of piperidine rings is 1. The van der Waals surface area contributed by atoms with E-state index in [-0.39, 0.29) is 6.03 Å². The molecule has 2 fully saturated rings. The summed E-state index contributed by atoms with van der Waals surface area (Å²) >= 11 is 0. The molecule has 2 amide bonds. The zero-order valence-electron chi connectivity index (χ0n) is 5.92. The van der Waals surface area contributed by atoms with E-state index in [0.717, 1.165) is 18.9 Å². The third kappa shape index (κ3) is 0.770. The van der Waals surface area contributed by atoms with Gasteiger partial charge < -0.3 is 10.6 Å². The van der Waals surface area contributed by atoms with Crippen LogP contribution < -0.4 is 5.73 Å². The standard InChI is InChI=1S/C7H12N2O/c8-7(10)9-3-1-2-5-4-6(5)9/h5-6H,1-4H2,(H2,8,10)/t5-,6+/m1/s1. The average molecular weight is 140 g/mol. The molecule has 1 heterocycles. The van der Waals surface area contributed by atoms with E-state index < -0.39 is 0 Å². The van der Waals surface area contributed by atoms with Crippen LogP contribution in [0.5, 0.6) is 0 Å². The van der Waals surface area contributed by atoms with Gasteiger partial charge in [0.15, 0.2) is 0 Å². The molecule has 0 aromatic carbocycles. The first-order valence-electron chi connectivity index (χ1n) is 3.85. The largest absolute Gasteiger partial charge is 0.351 e. The molecule has 0 unspecified atom stereocenters. The van der Waals surface area contributed by atoms with Gasteiger partial charge in [-0.1, -0.05) is 0 Å². The van der Waals surface area contributed by atoms with Gasteiger partial charge in [0.25, 0.3) is 0 Å². The molecule has 1 saturated heterocycles. The second-order valence-electron chi connectivity index (χ2n) is 3.24. The Bertz CT molecular complexity index is 169. The molecule has 3 nitrogen and oxygen atoms in total. The summed E-state index contributed by atoms with van der Waals surface area (Å²) in [6.07, 6.45) is 3.64. The minimum atomic E-state index is -0.229. The number of carbonyl (C=O) groups is 1. The van der Waals surface area contributed by atoms with Crippen LogP contribution in [-0.2, 0) is 0 Å². The quantitative estimate of drug-likeness (QED) is 0.524. The van der Waals surface area contributed by atoms with Gasteiger partial charge in [0.05, 0.1) is 0 Å². The molecular weight excluding hydrogens is 128 g/mol. The second-order valence-corrected chi connectivity index (χ2v) is 3.24. The first-order chi connectivity index (χ1) is 4.79. The number of nitrogens with zero attached hydrogens (tertiary/aromatic N) is 1. The maximum atomic E-state index is 10.7. The molecular formula is C7H12N2O. The summed E-state index contributed by atoms with van der Waals surface area (Å²) in [4.78, 5) is 12.6. The molecule has 2 N–H and O–H groups in total. The summed E-state index contributed by atoms with van der Waals surface area (Å²) in [5.41, 5.74) is 5.17. The molecule has 2 aliphatic rings. The topological polar surface area (TPSA) is 46.3 Å². The number of amides is 2. The summed E-state index contributed by atoms with van der Waals surface area (Å²) in [7, 11) is 0. The molecule has 56 valence electrons. The van der Waals surface area contributed by atoms with Gasteiger partial charge in [-0.3, -0.25) is 0 Å². The van der Waals surface area contributed by atoms with Crippen LogP contribution in [0.3, 0.4) is 0 Å². The number of urea groups is 1. The van der Waals surface area contributed by atoms with Crippen LogP contribution in [0.2, 0.25) is 0 Å². The predicted molar refractivity (Wildman–Crippen MR) is 37.4 cm³/mol. The molecule has 0 aromatic heterocycles. The number of carbonyl (C=O) groups excluding carboxylic acids is 1. The van der Waals surface area contributed by atoms with E-state index in [1.54, 1.807) is 0 Å². The van der Waals surface area contributed by atoms with Crippen LogP contribution in [0.15, 0.2) is 0 Å². The van der Waals surface area contributed by atoms with Crippen LogP contribution >= 0.6 is 0 Å². The van der Waals surface area contributed by atoms with Gasteiger partial charge in [-0.25, -0.2) is 4.79 Å². The fourth-order valence-electron chi connectivity index (χ4n) is 1.89. The average Bonchev–Trinajstić information content (AvgIpc) is 2.63. The van der Waals surface area contributed by atoms with Gasteiger partial charge in [0, 0.05) is 12.6 Å². The van der Waals surface area contributed by atoms with Gasteiger partial charge in [-0.2, -0.15) is 0 Å². The summed E-state index contributed by atoms with van der Waals surface area (Å²) in [5, 5.41) is 0. The highest BCUT2D eigenvalue weighted by molar-refractivity contribution is 5.73. The minimum absolute atomic E-state index is 0.229. The van der Waals surface area contributed by atoms with E-state index in [1.165, 1.54) is 12.8 Å². The normalized spacial score (nSPS) is 37.0. The van der Waals surface area contributed by atoms with Crippen LogP contribution in [0.1, 0.15) is 19.3 Å². The molecule has 1 aliphatic heterocycles. The van der Waals surface area contributed by atoms with Crippen molar-refractivity contribution in [2.24, 2.45) is 11.7 Å². The molecule has 0 bridgehead atoms. The molecule has 0 aromatic rings. The van der Waals surface area contributed by atoms with Crippen molar-refractivity contribution in [3.8, 4) is 0 Å². The Kier molecular flexibility index (Phi) is 1.13.